The summed E-state index contributed by atoms with van der Waals surface area (Å²) in [5.41, 5.74) is 0. The van der Waals surface area contributed by atoms with Gasteiger partial charge in [-0.1, -0.05) is 20.8 Å². The maximum absolute atomic E-state index is 11.6. The Morgan fingerprint density at radius 1 is 0.947 bits per heavy atom. The van der Waals surface area contributed by atoms with Gasteiger partial charge in [-0.05, 0) is 25.9 Å². The molecule has 0 aliphatic carbocycles. The fraction of sp³-hybridized carbons (Fsp3) is 0.933. The Kier molecular flexibility index (Phi) is 8.07. The molecule has 1 fully saturated rings. The molecule has 0 N–H and O–H groups in total. The van der Waals surface area contributed by atoms with E-state index in [-0.39, 0.29) is 0 Å². The quantitative estimate of drug-likeness (QED) is 0.670. The summed E-state index contributed by atoms with van der Waals surface area (Å²) in [5.74, 6) is 0.304. The van der Waals surface area contributed by atoms with Crippen molar-refractivity contribution in [3.8, 4) is 0 Å². The maximum Gasteiger partial charge on any atom is 0.222 e. The van der Waals surface area contributed by atoms with Gasteiger partial charge in [-0.3, -0.25) is 9.69 Å². The van der Waals surface area contributed by atoms with Crippen molar-refractivity contribution in [3.63, 3.8) is 0 Å². The van der Waals surface area contributed by atoms with Crippen LogP contribution in [0.4, 0.5) is 0 Å². The average Bonchev–Trinajstić information content (AvgIpc) is 2.45. The molecule has 0 spiro atoms. The number of carbonyl (C=O) groups is 1. The van der Waals surface area contributed by atoms with E-state index >= 15 is 0 Å². The fourth-order valence-electron chi connectivity index (χ4n) is 2.70. The molecule has 0 aromatic heterocycles. The monoisotopic (exact) mass is 269 g/mol. The highest BCUT2D eigenvalue weighted by atomic mass is 16.2. The normalized spacial score (nSPS) is 17.2. The van der Waals surface area contributed by atoms with Gasteiger partial charge in [0.2, 0.25) is 5.91 Å². The summed E-state index contributed by atoms with van der Waals surface area (Å²) in [4.78, 5) is 18.7. The molecule has 0 aromatic carbocycles. The van der Waals surface area contributed by atoms with Gasteiger partial charge in [0.15, 0.2) is 0 Å². The number of rotatable bonds is 8. The van der Waals surface area contributed by atoms with E-state index in [1.165, 1.54) is 32.5 Å². The van der Waals surface area contributed by atoms with Crippen molar-refractivity contribution in [2.24, 2.45) is 0 Å². The Morgan fingerprint density at radius 2 is 1.53 bits per heavy atom. The highest BCUT2D eigenvalue weighted by Crippen LogP contribution is 2.04. The van der Waals surface area contributed by atoms with E-state index in [0.717, 1.165) is 32.7 Å². The zero-order valence-corrected chi connectivity index (χ0v) is 13.0. The maximum atomic E-state index is 11.6. The first-order valence-electron chi connectivity index (χ1n) is 7.93. The van der Waals surface area contributed by atoms with Crippen LogP contribution in [0.15, 0.2) is 0 Å². The topological polar surface area (TPSA) is 26.8 Å². The Labute approximate surface area is 118 Å². The summed E-state index contributed by atoms with van der Waals surface area (Å²) in [6, 6.07) is 0. The summed E-state index contributed by atoms with van der Waals surface area (Å²) >= 11 is 0. The number of nitrogens with zero attached hydrogens (tertiary/aromatic N) is 3. The van der Waals surface area contributed by atoms with Gasteiger partial charge in [-0.25, -0.2) is 0 Å². The second-order valence-corrected chi connectivity index (χ2v) is 5.42. The molecule has 0 bridgehead atoms. The third kappa shape index (κ3) is 5.91. The van der Waals surface area contributed by atoms with Gasteiger partial charge in [0.25, 0.3) is 0 Å². The number of piperazine rings is 1. The van der Waals surface area contributed by atoms with Crippen LogP contribution in [0.2, 0.25) is 0 Å². The van der Waals surface area contributed by atoms with E-state index in [1.54, 1.807) is 0 Å². The van der Waals surface area contributed by atoms with E-state index in [0.29, 0.717) is 12.3 Å². The summed E-state index contributed by atoms with van der Waals surface area (Å²) in [6.07, 6.45) is 3.11. The first-order chi connectivity index (χ1) is 9.21. The molecule has 4 heteroatoms. The van der Waals surface area contributed by atoms with E-state index in [1.807, 2.05) is 11.8 Å². The van der Waals surface area contributed by atoms with Crippen LogP contribution in [0, 0.1) is 0 Å². The predicted molar refractivity (Wildman–Crippen MR) is 80.3 cm³/mol. The van der Waals surface area contributed by atoms with Crippen LogP contribution in [0.25, 0.3) is 0 Å². The largest absolute Gasteiger partial charge is 0.340 e. The van der Waals surface area contributed by atoms with Crippen LogP contribution in [-0.4, -0.2) is 73.0 Å². The molecular weight excluding hydrogens is 238 g/mol. The van der Waals surface area contributed by atoms with Crippen LogP contribution in [0.1, 0.15) is 40.0 Å². The summed E-state index contributed by atoms with van der Waals surface area (Å²) in [6.45, 7) is 15.1. The Morgan fingerprint density at radius 3 is 2.00 bits per heavy atom. The molecule has 1 amide bonds. The van der Waals surface area contributed by atoms with Crippen molar-refractivity contribution >= 4 is 5.91 Å². The fourth-order valence-corrected chi connectivity index (χ4v) is 2.70. The molecular formula is C15H31N3O. The highest BCUT2D eigenvalue weighted by Gasteiger charge is 2.19. The van der Waals surface area contributed by atoms with Crippen molar-refractivity contribution in [3.05, 3.63) is 0 Å². The molecule has 0 aromatic rings. The molecule has 0 atom stereocenters. The Bertz CT molecular complexity index is 244. The van der Waals surface area contributed by atoms with E-state index in [4.69, 9.17) is 0 Å². The molecule has 19 heavy (non-hydrogen) atoms. The van der Waals surface area contributed by atoms with Crippen LogP contribution in [-0.2, 0) is 4.79 Å². The van der Waals surface area contributed by atoms with Gasteiger partial charge < -0.3 is 9.80 Å². The predicted octanol–water partition coefficient (Wildman–Crippen LogP) is 1.66. The van der Waals surface area contributed by atoms with Gasteiger partial charge in [0, 0.05) is 45.7 Å². The van der Waals surface area contributed by atoms with Gasteiger partial charge in [-0.2, -0.15) is 0 Å². The lowest BCUT2D eigenvalue weighted by molar-refractivity contribution is -0.132. The summed E-state index contributed by atoms with van der Waals surface area (Å²) in [7, 11) is 0. The van der Waals surface area contributed by atoms with Crippen LogP contribution in [0.5, 0.6) is 0 Å². The molecule has 1 rings (SSSR count). The zero-order valence-electron chi connectivity index (χ0n) is 13.0. The molecule has 1 aliphatic rings. The molecule has 0 radical (unpaired) electrons. The van der Waals surface area contributed by atoms with E-state index in [2.05, 4.69) is 23.6 Å². The van der Waals surface area contributed by atoms with Crippen molar-refractivity contribution in [2.75, 3.05) is 52.4 Å². The highest BCUT2D eigenvalue weighted by molar-refractivity contribution is 5.75. The zero-order chi connectivity index (χ0) is 14.1. The van der Waals surface area contributed by atoms with Crippen molar-refractivity contribution < 1.29 is 4.79 Å². The second kappa shape index (κ2) is 9.32. The number of carbonyl (C=O) groups excluding carboxylic acids is 1. The van der Waals surface area contributed by atoms with Gasteiger partial charge in [0.05, 0.1) is 0 Å². The molecule has 1 aliphatic heterocycles. The molecule has 1 heterocycles. The van der Waals surface area contributed by atoms with Crippen LogP contribution < -0.4 is 0 Å². The van der Waals surface area contributed by atoms with Crippen LogP contribution in [0.3, 0.4) is 0 Å². The molecule has 4 nitrogen and oxygen atoms in total. The minimum Gasteiger partial charge on any atom is -0.340 e. The molecule has 112 valence electrons. The lowest BCUT2D eigenvalue weighted by Gasteiger charge is -2.35. The van der Waals surface area contributed by atoms with E-state index < -0.39 is 0 Å². The van der Waals surface area contributed by atoms with Crippen molar-refractivity contribution in [2.45, 2.75) is 40.0 Å². The minimum absolute atomic E-state index is 0.304. The minimum atomic E-state index is 0.304. The van der Waals surface area contributed by atoms with Crippen LogP contribution >= 0.6 is 0 Å². The Hall–Kier alpha value is -0.610. The average molecular weight is 269 g/mol. The second-order valence-electron chi connectivity index (χ2n) is 5.42. The smallest absolute Gasteiger partial charge is 0.222 e. The van der Waals surface area contributed by atoms with Gasteiger partial charge in [-0.15, -0.1) is 0 Å². The standard InChI is InChI=1S/C15H31N3O/c1-4-7-16(8-5-2)9-10-17-11-13-18(14-12-17)15(19)6-3/h4-14H2,1-3H3. The third-order valence-electron chi connectivity index (χ3n) is 3.84. The van der Waals surface area contributed by atoms with Crippen molar-refractivity contribution in [1.29, 1.82) is 0 Å². The van der Waals surface area contributed by atoms with Gasteiger partial charge >= 0.3 is 0 Å². The summed E-state index contributed by atoms with van der Waals surface area (Å²) < 4.78 is 0. The number of amides is 1. The lowest BCUT2D eigenvalue weighted by Crippen LogP contribution is -2.50. The van der Waals surface area contributed by atoms with E-state index in [9.17, 15) is 4.79 Å². The molecule has 0 saturated carbocycles. The molecule has 1 saturated heterocycles. The first kappa shape index (κ1) is 16.4. The number of hydrogen-bond acceptors (Lipinski definition) is 3. The first-order valence-corrected chi connectivity index (χ1v) is 7.93. The molecule has 0 unspecified atom stereocenters. The number of hydrogen-bond donors (Lipinski definition) is 0. The third-order valence-corrected chi connectivity index (χ3v) is 3.84. The lowest BCUT2D eigenvalue weighted by atomic mass is 10.2. The Balaban J connectivity index is 2.22. The summed E-state index contributed by atoms with van der Waals surface area (Å²) in [5, 5.41) is 0. The SMILES string of the molecule is CCCN(CCC)CCN1CCN(C(=O)CC)CC1. The van der Waals surface area contributed by atoms with Gasteiger partial charge in [0.1, 0.15) is 0 Å². The van der Waals surface area contributed by atoms with Crippen molar-refractivity contribution in [1.82, 2.24) is 14.7 Å².